The normalized spacial score (nSPS) is 13.1. The first-order valence-corrected chi connectivity index (χ1v) is 24.3. The summed E-state index contributed by atoms with van der Waals surface area (Å²) in [5.74, 6) is 0. The summed E-state index contributed by atoms with van der Waals surface area (Å²) >= 11 is 4.74. The molecule has 0 fully saturated rings. The third-order valence-corrected chi connectivity index (χ3v) is 19.8. The number of hydrogen-bond donors (Lipinski definition) is 0. The first kappa shape index (κ1) is 40.9. The Morgan fingerprint density at radius 3 is 0.625 bits per heavy atom. The Labute approximate surface area is 264 Å². The van der Waals surface area contributed by atoms with E-state index in [1.165, 1.54) is 193 Å². The van der Waals surface area contributed by atoms with Gasteiger partial charge in [-0.25, -0.2) is 0 Å². The van der Waals surface area contributed by atoms with Crippen LogP contribution in [0.3, 0.4) is 0 Å². The van der Waals surface area contributed by atoms with Crippen molar-refractivity contribution in [1.82, 2.24) is 0 Å². The minimum Gasteiger partial charge on any atom is -0.0654 e. The summed E-state index contributed by atoms with van der Waals surface area (Å²) in [6.45, 7) is 9.41. The van der Waals surface area contributed by atoms with E-state index in [9.17, 15) is 0 Å². The van der Waals surface area contributed by atoms with Crippen LogP contribution in [0.15, 0.2) is 0 Å². The summed E-state index contributed by atoms with van der Waals surface area (Å²) in [6, 6.07) is 0. The van der Waals surface area contributed by atoms with E-state index in [0.29, 0.717) is 0 Å². The molecule has 0 aliphatic rings. The van der Waals surface area contributed by atoms with Crippen LogP contribution in [-0.4, -0.2) is 24.6 Å². The molecular weight excluding hydrogens is 567 g/mol. The van der Waals surface area contributed by atoms with Crippen LogP contribution >= 0.6 is 20.8 Å². The molecule has 244 valence electrons. The van der Waals surface area contributed by atoms with Crippen molar-refractivity contribution in [3.05, 3.63) is 0 Å². The number of rotatable bonds is 34. The third kappa shape index (κ3) is 25.4. The fourth-order valence-corrected chi connectivity index (χ4v) is 15.3. The second kappa shape index (κ2) is 30.0. The number of unbranched alkanes of at least 4 members (excludes halogenated alkanes) is 26. The van der Waals surface area contributed by atoms with Crippen molar-refractivity contribution in [1.29, 1.82) is 0 Å². The molecule has 0 bridgehead atoms. The van der Waals surface area contributed by atoms with E-state index >= 15 is 0 Å². The molecule has 0 heterocycles. The van der Waals surface area contributed by atoms with Gasteiger partial charge in [0.15, 0.2) is 0 Å². The van der Waals surface area contributed by atoms with Crippen molar-refractivity contribution in [2.24, 2.45) is 0 Å². The van der Waals surface area contributed by atoms with Gasteiger partial charge in [0.2, 0.25) is 0 Å². The van der Waals surface area contributed by atoms with Gasteiger partial charge >= 0.3 is 239 Å². The molecule has 0 radical (unpaired) electrons. The van der Waals surface area contributed by atoms with Gasteiger partial charge < -0.3 is 0 Å². The zero-order valence-electron chi connectivity index (χ0n) is 28.9. The Balaban J connectivity index is 4.45. The molecule has 0 saturated carbocycles. The summed E-state index contributed by atoms with van der Waals surface area (Å²) in [5.41, 5.74) is 0. The predicted octanol–water partition coefficient (Wildman–Crippen LogP) is 15.6. The summed E-state index contributed by atoms with van der Waals surface area (Å²) in [6.07, 6.45) is 50.0. The molecule has 0 rings (SSSR count). The van der Waals surface area contributed by atoms with Gasteiger partial charge in [-0.1, -0.05) is 26.7 Å². The molecular formula is C38H80BrP. The monoisotopic (exact) mass is 647 g/mol. The third-order valence-electron chi connectivity index (χ3n) is 9.78. The van der Waals surface area contributed by atoms with E-state index < -0.39 is 5.31 Å². The van der Waals surface area contributed by atoms with Gasteiger partial charge in [0, 0.05) is 0 Å². The summed E-state index contributed by atoms with van der Waals surface area (Å²) in [4.78, 5) is 0. The molecule has 0 nitrogen and oxygen atoms in total. The summed E-state index contributed by atoms with van der Waals surface area (Å²) in [7, 11) is 0. The van der Waals surface area contributed by atoms with Crippen molar-refractivity contribution in [3.63, 3.8) is 0 Å². The molecule has 0 aromatic rings. The van der Waals surface area contributed by atoms with E-state index in [1.807, 2.05) is 0 Å². The van der Waals surface area contributed by atoms with Gasteiger partial charge in [0.1, 0.15) is 0 Å². The molecule has 0 aromatic carbocycles. The maximum absolute atomic E-state index is 4.74. The van der Waals surface area contributed by atoms with E-state index in [-0.39, 0.29) is 0 Å². The summed E-state index contributed by atoms with van der Waals surface area (Å²) in [5, 5.41) is -1.75. The quantitative estimate of drug-likeness (QED) is 0.0482. The Bertz CT molecular complexity index is 448. The zero-order valence-corrected chi connectivity index (χ0v) is 31.3. The minimum atomic E-state index is -1.75. The van der Waals surface area contributed by atoms with Crippen LogP contribution in [0.1, 0.15) is 220 Å². The topological polar surface area (TPSA) is 0 Å². The van der Waals surface area contributed by atoms with Crippen LogP contribution in [0.25, 0.3) is 0 Å². The second-order valence-electron chi connectivity index (χ2n) is 13.9. The average molecular weight is 648 g/mol. The van der Waals surface area contributed by atoms with Crippen molar-refractivity contribution in [2.75, 3.05) is 24.6 Å². The van der Waals surface area contributed by atoms with Crippen LogP contribution < -0.4 is 0 Å². The molecule has 40 heavy (non-hydrogen) atoms. The molecule has 0 spiro atoms. The molecule has 0 saturated heterocycles. The van der Waals surface area contributed by atoms with Gasteiger partial charge in [0.05, 0.1) is 0 Å². The van der Waals surface area contributed by atoms with Crippen LogP contribution in [-0.2, 0) is 0 Å². The Morgan fingerprint density at radius 1 is 0.250 bits per heavy atom. The van der Waals surface area contributed by atoms with Gasteiger partial charge in [-0.2, -0.15) is 0 Å². The van der Waals surface area contributed by atoms with Gasteiger partial charge in [-0.15, -0.1) is 0 Å². The van der Waals surface area contributed by atoms with Crippen molar-refractivity contribution in [2.45, 2.75) is 220 Å². The summed E-state index contributed by atoms with van der Waals surface area (Å²) < 4.78 is 0. The van der Waals surface area contributed by atoms with Gasteiger partial charge in [-0.05, 0) is 0 Å². The van der Waals surface area contributed by atoms with Crippen molar-refractivity contribution < 1.29 is 0 Å². The minimum absolute atomic E-state index is 1.37. The van der Waals surface area contributed by atoms with Crippen molar-refractivity contribution in [3.8, 4) is 0 Å². The number of halogens is 1. The van der Waals surface area contributed by atoms with E-state index in [2.05, 4.69) is 27.7 Å². The molecule has 0 amide bonds. The first-order valence-electron chi connectivity index (χ1n) is 19.3. The Kier molecular flexibility index (Phi) is 30.6. The van der Waals surface area contributed by atoms with E-state index in [0.717, 1.165) is 0 Å². The van der Waals surface area contributed by atoms with Gasteiger partial charge in [0.25, 0.3) is 0 Å². The van der Waals surface area contributed by atoms with Crippen LogP contribution in [0.5, 0.6) is 0 Å². The van der Waals surface area contributed by atoms with Crippen LogP contribution in [0, 0.1) is 0 Å². The zero-order chi connectivity index (χ0) is 29.5. The van der Waals surface area contributed by atoms with E-state index in [4.69, 9.17) is 15.5 Å². The Morgan fingerprint density at radius 2 is 0.400 bits per heavy atom. The molecule has 0 aliphatic heterocycles. The molecule has 0 N–H and O–H groups in total. The molecule has 0 aromatic heterocycles. The molecule has 0 atom stereocenters. The average Bonchev–Trinajstić information content (AvgIpc) is 2.95. The van der Waals surface area contributed by atoms with Crippen LogP contribution in [0.2, 0.25) is 0 Å². The fraction of sp³-hybridized carbons (Fsp3) is 1.00. The predicted molar refractivity (Wildman–Crippen MR) is 197 cm³/mol. The second-order valence-corrected chi connectivity index (χ2v) is 25.4. The van der Waals surface area contributed by atoms with Crippen LogP contribution in [0.4, 0.5) is 0 Å². The Hall–Kier alpha value is 0.910. The molecule has 0 aliphatic carbocycles. The molecule has 2 heteroatoms. The standard InChI is InChI=1S/C38H80BrP/c1-5-9-13-15-17-19-21-23-25-27-29-33-37-40(39,35-31-11-7-3,36-32-12-8-4)38-34-30-28-26-24-22-20-18-16-14-10-6-2/h5-38H2,1-4H3. The fourth-order valence-electron chi connectivity index (χ4n) is 6.88. The maximum atomic E-state index is 4.74. The first-order chi connectivity index (χ1) is 19.5. The van der Waals surface area contributed by atoms with Crippen molar-refractivity contribution >= 4 is 20.8 Å². The molecule has 0 unspecified atom stereocenters. The number of hydrogen-bond acceptors (Lipinski definition) is 0. The van der Waals surface area contributed by atoms with E-state index in [1.54, 1.807) is 24.6 Å². The van der Waals surface area contributed by atoms with Gasteiger partial charge in [-0.3, -0.25) is 0 Å². The SMILES string of the molecule is CCCCCCCCCCCCCCP(Br)(CCCCC)(CCCCC)CCCCCCCCCCCCCC. The smallest absolute Gasteiger partial charge is 0.0654 e.